The van der Waals surface area contributed by atoms with Gasteiger partial charge in [0.2, 0.25) is 0 Å². The van der Waals surface area contributed by atoms with E-state index >= 15 is 0 Å². The summed E-state index contributed by atoms with van der Waals surface area (Å²) in [6.07, 6.45) is 4.01. The number of rotatable bonds is 3. The summed E-state index contributed by atoms with van der Waals surface area (Å²) < 4.78 is 12.9. The minimum atomic E-state index is -0.555. The van der Waals surface area contributed by atoms with Crippen molar-refractivity contribution in [2.24, 2.45) is 0 Å². The molecule has 5 heteroatoms. The van der Waals surface area contributed by atoms with Crippen LogP contribution in [0.5, 0.6) is 5.75 Å². The van der Waals surface area contributed by atoms with Crippen LogP contribution in [0.1, 0.15) is 36.0 Å². The SMILES string of the molecule is O=C(NC1(CBr)CCCC1)c1ccc(F)cc1O. The summed E-state index contributed by atoms with van der Waals surface area (Å²) in [5.41, 5.74) is -0.124. The molecule has 1 saturated carbocycles. The third-order valence-electron chi connectivity index (χ3n) is 3.40. The molecular weight excluding hydrogens is 301 g/mol. The van der Waals surface area contributed by atoms with E-state index in [0.717, 1.165) is 31.7 Å². The molecule has 1 amide bonds. The highest BCUT2D eigenvalue weighted by molar-refractivity contribution is 9.09. The highest BCUT2D eigenvalue weighted by Gasteiger charge is 2.34. The zero-order valence-electron chi connectivity index (χ0n) is 9.88. The van der Waals surface area contributed by atoms with Crippen LogP contribution in [0.2, 0.25) is 0 Å². The Hall–Kier alpha value is -1.10. The number of alkyl halides is 1. The zero-order valence-corrected chi connectivity index (χ0v) is 11.5. The normalized spacial score (nSPS) is 17.7. The second-order valence-corrected chi connectivity index (χ2v) is 5.30. The predicted molar refractivity (Wildman–Crippen MR) is 70.5 cm³/mol. The van der Waals surface area contributed by atoms with E-state index in [1.54, 1.807) is 0 Å². The van der Waals surface area contributed by atoms with Crippen LogP contribution in [0.3, 0.4) is 0 Å². The lowest BCUT2D eigenvalue weighted by Crippen LogP contribution is -2.47. The molecular formula is C13H15BrFNO2. The number of nitrogens with one attached hydrogen (secondary N) is 1. The van der Waals surface area contributed by atoms with E-state index in [-0.39, 0.29) is 22.8 Å². The number of carbonyl (C=O) groups excluding carboxylic acids is 1. The fraction of sp³-hybridized carbons (Fsp3) is 0.462. The summed E-state index contributed by atoms with van der Waals surface area (Å²) in [6, 6.07) is 3.42. The summed E-state index contributed by atoms with van der Waals surface area (Å²) in [4.78, 5) is 12.1. The minimum Gasteiger partial charge on any atom is -0.507 e. The van der Waals surface area contributed by atoms with Crippen LogP contribution in [0, 0.1) is 5.82 Å². The van der Waals surface area contributed by atoms with Crippen LogP contribution in [0.4, 0.5) is 4.39 Å². The average Bonchev–Trinajstić information content (AvgIpc) is 2.78. The Labute approximate surface area is 114 Å². The molecule has 0 spiro atoms. The van der Waals surface area contributed by atoms with E-state index in [1.807, 2.05) is 0 Å². The molecule has 0 heterocycles. The van der Waals surface area contributed by atoms with E-state index in [0.29, 0.717) is 5.33 Å². The highest BCUT2D eigenvalue weighted by atomic mass is 79.9. The van der Waals surface area contributed by atoms with Crippen molar-refractivity contribution < 1.29 is 14.3 Å². The monoisotopic (exact) mass is 315 g/mol. The number of phenolic OH excluding ortho intramolecular Hbond substituents is 1. The smallest absolute Gasteiger partial charge is 0.255 e. The average molecular weight is 316 g/mol. The first-order chi connectivity index (χ1) is 8.56. The molecule has 0 radical (unpaired) electrons. The van der Waals surface area contributed by atoms with Crippen molar-refractivity contribution >= 4 is 21.8 Å². The number of phenols is 1. The van der Waals surface area contributed by atoms with Crippen molar-refractivity contribution in [2.75, 3.05) is 5.33 Å². The van der Waals surface area contributed by atoms with Crippen LogP contribution in [-0.4, -0.2) is 21.9 Å². The molecule has 0 bridgehead atoms. The Morgan fingerprint density at radius 3 is 2.67 bits per heavy atom. The number of hydrogen-bond acceptors (Lipinski definition) is 2. The largest absolute Gasteiger partial charge is 0.507 e. The Kier molecular flexibility index (Phi) is 3.90. The van der Waals surface area contributed by atoms with Gasteiger partial charge in [0.25, 0.3) is 5.91 Å². The van der Waals surface area contributed by atoms with Gasteiger partial charge in [0.15, 0.2) is 0 Å². The summed E-state index contributed by atoms with van der Waals surface area (Å²) >= 11 is 3.43. The Morgan fingerprint density at radius 1 is 1.44 bits per heavy atom. The van der Waals surface area contributed by atoms with E-state index in [2.05, 4.69) is 21.2 Å². The highest BCUT2D eigenvalue weighted by Crippen LogP contribution is 2.32. The summed E-state index contributed by atoms with van der Waals surface area (Å²) in [7, 11) is 0. The van der Waals surface area contributed by atoms with Gasteiger partial charge in [-0.25, -0.2) is 4.39 Å². The van der Waals surface area contributed by atoms with Crippen LogP contribution >= 0.6 is 15.9 Å². The summed E-state index contributed by atoms with van der Waals surface area (Å²) in [5, 5.41) is 13.2. The number of halogens is 2. The Morgan fingerprint density at radius 2 is 2.11 bits per heavy atom. The third kappa shape index (κ3) is 2.66. The molecule has 3 nitrogen and oxygen atoms in total. The molecule has 18 heavy (non-hydrogen) atoms. The van der Waals surface area contributed by atoms with Crippen LogP contribution < -0.4 is 5.32 Å². The maximum atomic E-state index is 12.9. The van der Waals surface area contributed by atoms with Gasteiger partial charge in [0.05, 0.1) is 11.1 Å². The van der Waals surface area contributed by atoms with E-state index in [4.69, 9.17) is 0 Å². The van der Waals surface area contributed by atoms with Gasteiger partial charge in [-0.2, -0.15) is 0 Å². The number of amides is 1. The molecule has 0 aromatic heterocycles. The number of hydrogen-bond donors (Lipinski definition) is 2. The molecule has 0 aliphatic heterocycles. The van der Waals surface area contributed by atoms with Gasteiger partial charge < -0.3 is 10.4 Å². The first-order valence-corrected chi connectivity index (χ1v) is 7.05. The van der Waals surface area contributed by atoms with Crippen molar-refractivity contribution in [1.82, 2.24) is 5.32 Å². The molecule has 0 saturated heterocycles. The van der Waals surface area contributed by atoms with Crippen molar-refractivity contribution in [3.63, 3.8) is 0 Å². The van der Waals surface area contributed by atoms with Crippen molar-refractivity contribution in [3.8, 4) is 5.75 Å². The molecule has 0 atom stereocenters. The molecule has 98 valence electrons. The maximum absolute atomic E-state index is 12.9. The fourth-order valence-corrected chi connectivity index (χ4v) is 3.05. The quantitative estimate of drug-likeness (QED) is 0.842. The van der Waals surface area contributed by atoms with Crippen LogP contribution in [-0.2, 0) is 0 Å². The van der Waals surface area contributed by atoms with Gasteiger partial charge in [-0.3, -0.25) is 4.79 Å². The van der Waals surface area contributed by atoms with Crippen molar-refractivity contribution in [1.29, 1.82) is 0 Å². The number of carbonyl (C=O) groups is 1. The zero-order chi connectivity index (χ0) is 13.2. The molecule has 2 rings (SSSR count). The van der Waals surface area contributed by atoms with E-state index in [9.17, 15) is 14.3 Å². The molecule has 1 aromatic carbocycles. The van der Waals surface area contributed by atoms with Gasteiger partial charge in [-0.1, -0.05) is 28.8 Å². The second-order valence-electron chi connectivity index (χ2n) is 4.74. The predicted octanol–water partition coefficient (Wildman–Crippen LogP) is 2.97. The first-order valence-electron chi connectivity index (χ1n) is 5.93. The topological polar surface area (TPSA) is 49.3 Å². The maximum Gasteiger partial charge on any atom is 0.255 e. The Bertz CT molecular complexity index is 458. The van der Waals surface area contributed by atoms with Crippen LogP contribution in [0.25, 0.3) is 0 Å². The number of aromatic hydroxyl groups is 1. The van der Waals surface area contributed by atoms with Gasteiger partial charge in [0, 0.05) is 11.4 Å². The molecule has 0 unspecified atom stereocenters. The lowest BCUT2D eigenvalue weighted by Gasteiger charge is -2.28. The third-order valence-corrected chi connectivity index (χ3v) is 4.47. The summed E-state index contributed by atoms with van der Waals surface area (Å²) in [5.74, 6) is -1.23. The molecule has 1 aliphatic rings. The molecule has 1 aromatic rings. The number of benzene rings is 1. The van der Waals surface area contributed by atoms with Crippen LogP contribution in [0.15, 0.2) is 18.2 Å². The lowest BCUT2D eigenvalue weighted by molar-refractivity contribution is 0.0907. The second kappa shape index (κ2) is 5.26. The Balaban J connectivity index is 2.16. The van der Waals surface area contributed by atoms with Gasteiger partial charge in [-0.05, 0) is 25.0 Å². The van der Waals surface area contributed by atoms with Gasteiger partial charge in [-0.15, -0.1) is 0 Å². The lowest BCUT2D eigenvalue weighted by atomic mass is 10.00. The van der Waals surface area contributed by atoms with Gasteiger partial charge >= 0.3 is 0 Å². The van der Waals surface area contributed by atoms with Crippen molar-refractivity contribution in [3.05, 3.63) is 29.6 Å². The standard InChI is InChI=1S/C13H15BrFNO2/c14-8-13(5-1-2-6-13)16-12(18)10-4-3-9(15)7-11(10)17/h3-4,7,17H,1-2,5-6,8H2,(H,16,18). The molecule has 2 N–H and O–H groups in total. The van der Waals surface area contributed by atoms with Gasteiger partial charge in [0.1, 0.15) is 11.6 Å². The first kappa shape index (κ1) is 13.3. The van der Waals surface area contributed by atoms with E-state index in [1.165, 1.54) is 12.1 Å². The minimum absolute atomic E-state index is 0.114. The molecule has 1 aliphatic carbocycles. The van der Waals surface area contributed by atoms with Crippen molar-refractivity contribution in [2.45, 2.75) is 31.2 Å². The molecule has 1 fully saturated rings. The fourth-order valence-electron chi connectivity index (χ4n) is 2.35. The summed E-state index contributed by atoms with van der Waals surface area (Å²) in [6.45, 7) is 0. The van der Waals surface area contributed by atoms with E-state index < -0.39 is 5.82 Å².